The van der Waals surface area contributed by atoms with Gasteiger partial charge < -0.3 is 10.5 Å². The number of benzene rings is 1. The minimum Gasteiger partial charge on any atom is -0.383 e. The van der Waals surface area contributed by atoms with Crippen molar-refractivity contribution in [2.24, 2.45) is 11.7 Å². The fraction of sp³-hybridized carbons (Fsp3) is 0.600. The van der Waals surface area contributed by atoms with Crippen molar-refractivity contribution in [2.45, 2.75) is 32.2 Å². The van der Waals surface area contributed by atoms with E-state index in [0.29, 0.717) is 31.1 Å². The molecule has 0 unspecified atom stereocenters. The van der Waals surface area contributed by atoms with Gasteiger partial charge in [0.15, 0.2) is 0 Å². The van der Waals surface area contributed by atoms with Gasteiger partial charge in [0.2, 0.25) is 10.0 Å². The third-order valence-corrected chi connectivity index (χ3v) is 5.23. The van der Waals surface area contributed by atoms with Crippen LogP contribution in [0.15, 0.2) is 23.1 Å². The molecule has 0 saturated carbocycles. The maximum absolute atomic E-state index is 12.9. The molecule has 0 heterocycles. The van der Waals surface area contributed by atoms with E-state index in [2.05, 4.69) is 0 Å². The molecular weight excluding hydrogens is 288 g/mol. The highest BCUT2D eigenvalue weighted by molar-refractivity contribution is 7.89. The highest BCUT2D eigenvalue weighted by Crippen LogP contribution is 2.22. The van der Waals surface area contributed by atoms with Crippen molar-refractivity contribution in [1.29, 1.82) is 0 Å². The quantitative estimate of drug-likeness (QED) is 0.793. The molecule has 0 fully saturated rings. The van der Waals surface area contributed by atoms with Crippen LogP contribution >= 0.6 is 0 Å². The first-order valence-electron chi connectivity index (χ1n) is 7.11. The Balaban J connectivity index is 3.20. The lowest BCUT2D eigenvalue weighted by molar-refractivity contribution is 0.175. The maximum atomic E-state index is 12.9. The Kier molecular flexibility index (Phi) is 6.80. The van der Waals surface area contributed by atoms with Crippen molar-refractivity contribution in [3.05, 3.63) is 29.3 Å². The molecule has 0 spiro atoms. The monoisotopic (exact) mass is 314 g/mol. The summed E-state index contributed by atoms with van der Waals surface area (Å²) in [6.07, 6.45) is 0. The fourth-order valence-electron chi connectivity index (χ4n) is 2.10. The molecular formula is C15H26N2O3S. The molecule has 0 aromatic heterocycles. The number of rotatable bonds is 8. The molecule has 0 amide bonds. The predicted molar refractivity (Wildman–Crippen MR) is 84.5 cm³/mol. The van der Waals surface area contributed by atoms with Crippen LogP contribution in [0.5, 0.6) is 0 Å². The van der Waals surface area contributed by atoms with Crippen LogP contribution in [-0.2, 0) is 21.3 Å². The summed E-state index contributed by atoms with van der Waals surface area (Å²) in [7, 11) is -1.96. The highest BCUT2D eigenvalue weighted by atomic mass is 32.2. The number of nitrogens with two attached hydrogens (primary N) is 1. The van der Waals surface area contributed by atoms with Crippen LogP contribution in [0.4, 0.5) is 0 Å². The van der Waals surface area contributed by atoms with E-state index in [1.54, 1.807) is 26.2 Å². The molecule has 6 heteroatoms. The number of sulfonamides is 1. The Bertz CT molecular complexity index is 556. The topological polar surface area (TPSA) is 72.6 Å². The zero-order valence-corrected chi connectivity index (χ0v) is 14.1. The second kappa shape index (κ2) is 7.89. The number of nitrogens with zero attached hydrogens (tertiary/aromatic N) is 1. The maximum Gasteiger partial charge on any atom is 0.243 e. The van der Waals surface area contributed by atoms with Crippen molar-refractivity contribution in [3.8, 4) is 0 Å². The number of methoxy groups -OCH3 is 1. The van der Waals surface area contributed by atoms with Gasteiger partial charge in [-0.15, -0.1) is 0 Å². The second-order valence-corrected chi connectivity index (χ2v) is 7.46. The van der Waals surface area contributed by atoms with Gasteiger partial charge in [-0.1, -0.05) is 26.0 Å². The fourth-order valence-corrected chi connectivity index (χ4v) is 3.96. The van der Waals surface area contributed by atoms with E-state index in [1.807, 2.05) is 19.9 Å². The summed E-state index contributed by atoms with van der Waals surface area (Å²) in [6, 6.07) is 5.33. The summed E-state index contributed by atoms with van der Waals surface area (Å²) in [5, 5.41) is 0. The standard InChI is InChI=1S/C15H26N2O3S/c1-12(2)11-17(7-8-20-4)21(18,19)15-9-14(10-16)6-5-13(15)3/h5-6,9,12H,7-8,10-11,16H2,1-4H3. The second-order valence-electron chi connectivity index (χ2n) is 5.55. The minimum absolute atomic E-state index is 0.245. The normalized spacial score (nSPS) is 12.3. The van der Waals surface area contributed by atoms with Gasteiger partial charge in [-0.2, -0.15) is 4.31 Å². The average molecular weight is 314 g/mol. The van der Waals surface area contributed by atoms with Crippen LogP contribution in [-0.4, -0.2) is 39.5 Å². The lowest BCUT2D eigenvalue weighted by Gasteiger charge is -2.24. The highest BCUT2D eigenvalue weighted by Gasteiger charge is 2.26. The summed E-state index contributed by atoms with van der Waals surface area (Å²) in [6.45, 7) is 7.32. The van der Waals surface area contributed by atoms with Crippen molar-refractivity contribution >= 4 is 10.0 Å². The van der Waals surface area contributed by atoms with E-state index < -0.39 is 10.0 Å². The molecule has 0 atom stereocenters. The van der Waals surface area contributed by atoms with E-state index in [4.69, 9.17) is 10.5 Å². The van der Waals surface area contributed by atoms with Gasteiger partial charge in [-0.3, -0.25) is 0 Å². The van der Waals surface area contributed by atoms with Gasteiger partial charge in [-0.25, -0.2) is 8.42 Å². The lowest BCUT2D eigenvalue weighted by Crippen LogP contribution is -2.37. The Morgan fingerprint density at radius 3 is 2.52 bits per heavy atom. The molecule has 5 nitrogen and oxygen atoms in total. The summed E-state index contributed by atoms with van der Waals surface area (Å²) in [5.74, 6) is 0.245. The molecule has 0 bridgehead atoms. The van der Waals surface area contributed by atoms with Crippen LogP contribution in [0, 0.1) is 12.8 Å². The Hall–Kier alpha value is -0.950. The van der Waals surface area contributed by atoms with Crippen molar-refractivity contribution < 1.29 is 13.2 Å². The molecule has 0 saturated heterocycles. The van der Waals surface area contributed by atoms with Crippen LogP contribution < -0.4 is 5.73 Å². The molecule has 0 radical (unpaired) electrons. The van der Waals surface area contributed by atoms with Crippen molar-refractivity contribution in [3.63, 3.8) is 0 Å². The number of aryl methyl sites for hydroxylation is 1. The van der Waals surface area contributed by atoms with Crippen molar-refractivity contribution in [2.75, 3.05) is 26.8 Å². The van der Waals surface area contributed by atoms with Gasteiger partial charge in [0.1, 0.15) is 0 Å². The smallest absolute Gasteiger partial charge is 0.243 e. The van der Waals surface area contributed by atoms with Crippen LogP contribution in [0.25, 0.3) is 0 Å². The predicted octanol–water partition coefficient (Wildman–Crippen LogP) is 1.75. The lowest BCUT2D eigenvalue weighted by atomic mass is 10.1. The van der Waals surface area contributed by atoms with E-state index in [0.717, 1.165) is 11.1 Å². The van der Waals surface area contributed by atoms with E-state index in [1.165, 1.54) is 4.31 Å². The average Bonchev–Trinajstić information content (AvgIpc) is 2.43. The van der Waals surface area contributed by atoms with Gasteiger partial charge in [0.05, 0.1) is 11.5 Å². The largest absolute Gasteiger partial charge is 0.383 e. The third-order valence-electron chi connectivity index (χ3n) is 3.22. The van der Waals surface area contributed by atoms with Gasteiger partial charge in [-0.05, 0) is 30.0 Å². The summed E-state index contributed by atoms with van der Waals surface area (Å²) < 4.78 is 32.3. The van der Waals surface area contributed by atoms with E-state index in [9.17, 15) is 8.42 Å². The summed E-state index contributed by atoms with van der Waals surface area (Å²) in [4.78, 5) is 0.335. The van der Waals surface area contributed by atoms with Gasteiger partial charge in [0, 0.05) is 26.7 Å². The Labute approximate surface area is 128 Å². The zero-order chi connectivity index (χ0) is 16.0. The SMILES string of the molecule is COCCN(CC(C)C)S(=O)(=O)c1cc(CN)ccc1C. The molecule has 21 heavy (non-hydrogen) atoms. The molecule has 120 valence electrons. The minimum atomic E-state index is -3.53. The number of hydrogen-bond acceptors (Lipinski definition) is 4. The molecule has 1 aromatic rings. The molecule has 0 aliphatic rings. The van der Waals surface area contributed by atoms with Crippen molar-refractivity contribution in [1.82, 2.24) is 4.31 Å². The Morgan fingerprint density at radius 1 is 1.33 bits per heavy atom. The zero-order valence-electron chi connectivity index (χ0n) is 13.3. The van der Waals surface area contributed by atoms with Crippen LogP contribution in [0.1, 0.15) is 25.0 Å². The van der Waals surface area contributed by atoms with Gasteiger partial charge >= 0.3 is 0 Å². The van der Waals surface area contributed by atoms with E-state index >= 15 is 0 Å². The molecule has 1 rings (SSSR count). The van der Waals surface area contributed by atoms with Crippen LogP contribution in [0.2, 0.25) is 0 Å². The molecule has 0 aliphatic heterocycles. The first-order chi connectivity index (χ1) is 9.82. The Morgan fingerprint density at radius 2 is 2.00 bits per heavy atom. The number of ether oxygens (including phenoxy) is 1. The van der Waals surface area contributed by atoms with E-state index in [-0.39, 0.29) is 5.92 Å². The first-order valence-corrected chi connectivity index (χ1v) is 8.55. The molecule has 2 N–H and O–H groups in total. The molecule has 1 aromatic carbocycles. The summed E-state index contributed by atoms with van der Waals surface area (Å²) in [5.41, 5.74) is 7.17. The first kappa shape index (κ1) is 18.1. The number of hydrogen-bond donors (Lipinski definition) is 1. The summed E-state index contributed by atoms with van der Waals surface area (Å²) >= 11 is 0. The molecule has 0 aliphatic carbocycles. The van der Waals surface area contributed by atoms with Crippen LogP contribution in [0.3, 0.4) is 0 Å². The van der Waals surface area contributed by atoms with Gasteiger partial charge in [0.25, 0.3) is 0 Å². The third kappa shape index (κ3) is 4.78.